The molecular weight excluding hydrogens is 294 g/mol. The molecule has 0 aromatic heterocycles. The first kappa shape index (κ1) is 15.1. The summed E-state index contributed by atoms with van der Waals surface area (Å²) < 4.78 is 11.5. The van der Waals surface area contributed by atoms with Gasteiger partial charge in [-0.3, -0.25) is 0 Å². The largest absolute Gasteiger partial charge is 0.467 e. The lowest BCUT2D eigenvalue weighted by atomic mass is 10.0. The lowest BCUT2D eigenvalue weighted by molar-refractivity contribution is 0.120. The van der Waals surface area contributed by atoms with Crippen LogP contribution in [0.5, 0.6) is 0 Å². The number of rotatable bonds is 5. The topological polar surface area (TPSA) is 30.8 Å². The fourth-order valence-corrected chi connectivity index (χ4v) is 2.96. The van der Waals surface area contributed by atoms with Gasteiger partial charge in [0.15, 0.2) is 6.10 Å². The van der Waals surface area contributed by atoms with Crippen molar-refractivity contribution in [2.75, 3.05) is 20.0 Å². The van der Waals surface area contributed by atoms with E-state index in [9.17, 15) is 0 Å². The molecule has 1 aliphatic heterocycles. The van der Waals surface area contributed by atoms with Crippen LogP contribution < -0.4 is 0 Å². The summed E-state index contributed by atoms with van der Waals surface area (Å²) in [5.41, 5.74) is 2.14. The first-order valence-electron chi connectivity index (χ1n) is 7.24. The van der Waals surface area contributed by atoms with Crippen molar-refractivity contribution in [2.24, 2.45) is 4.99 Å². The number of hydrogen-bond acceptors (Lipinski definition) is 4. The third-order valence-corrected chi connectivity index (χ3v) is 4.42. The van der Waals surface area contributed by atoms with Gasteiger partial charge in [0, 0.05) is 17.6 Å². The second-order valence-corrected chi connectivity index (χ2v) is 6.01. The SMILES string of the molecule is COC[C@@H]1N=C(c2ccccc2)O[C@H]1c1ccc(SC)cc1. The molecule has 114 valence electrons. The van der Waals surface area contributed by atoms with E-state index in [0.29, 0.717) is 12.5 Å². The van der Waals surface area contributed by atoms with Crippen molar-refractivity contribution in [2.45, 2.75) is 17.0 Å². The number of ether oxygens (including phenoxy) is 2. The molecule has 2 aromatic carbocycles. The Bertz CT molecular complexity index is 640. The highest BCUT2D eigenvalue weighted by molar-refractivity contribution is 7.98. The van der Waals surface area contributed by atoms with Gasteiger partial charge in [-0.15, -0.1) is 11.8 Å². The van der Waals surface area contributed by atoms with Gasteiger partial charge in [-0.2, -0.15) is 0 Å². The molecule has 0 saturated heterocycles. The van der Waals surface area contributed by atoms with Crippen LogP contribution in [0.1, 0.15) is 17.2 Å². The van der Waals surface area contributed by atoms with Gasteiger partial charge >= 0.3 is 0 Å². The molecule has 22 heavy (non-hydrogen) atoms. The lowest BCUT2D eigenvalue weighted by Crippen LogP contribution is -2.19. The maximum absolute atomic E-state index is 6.14. The second-order valence-electron chi connectivity index (χ2n) is 5.13. The van der Waals surface area contributed by atoms with Crippen molar-refractivity contribution in [3.05, 3.63) is 65.7 Å². The van der Waals surface area contributed by atoms with Crippen molar-refractivity contribution in [1.29, 1.82) is 0 Å². The first-order valence-corrected chi connectivity index (χ1v) is 8.47. The molecule has 2 atom stereocenters. The van der Waals surface area contributed by atoms with Crippen LogP contribution >= 0.6 is 11.8 Å². The molecule has 0 saturated carbocycles. The molecule has 0 radical (unpaired) electrons. The summed E-state index contributed by atoms with van der Waals surface area (Å²) in [6.45, 7) is 0.547. The van der Waals surface area contributed by atoms with Crippen molar-refractivity contribution in [1.82, 2.24) is 0 Å². The average molecular weight is 313 g/mol. The van der Waals surface area contributed by atoms with E-state index < -0.39 is 0 Å². The first-order chi connectivity index (χ1) is 10.8. The Morgan fingerprint density at radius 2 is 1.82 bits per heavy atom. The van der Waals surface area contributed by atoms with Crippen LogP contribution in [0.25, 0.3) is 0 Å². The van der Waals surface area contributed by atoms with Gasteiger partial charge in [-0.1, -0.05) is 30.3 Å². The van der Waals surface area contributed by atoms with E-state index in [1.807, 2.05) is 30.3 Å². The van der Waals surface area contributed by atoms with Crippen molar-refractivity contribution in [3.8, 4) is 0 Å². The number of nitrogens with zero attached hydrogens (tertiary/aromatic N) is 1. The van der Waals surface area contributed by atoms with E-state index in [1.54, 1.807) is 18.9 Å². The summed E-state index contributed by atoms with van der Waals surface area (Å²) in [5, 5.41) is 0. The van der Waals surface area contributed by atoms with Gasteiger partial charge in [0.2, 0.25) is 5.90 Å². The maximum Gasteiger partial charge on any atom is 0.217 e. The fourth-order valence-electron chi connectivity index (χ4n) is 2.55. The number of aliphatic imine (C=N–C) groups is 1. The number of hydrogen-bond donors (Lipinski definition) is 0. The van der Waals surface area contributed by atoms with Crippen molar-refractivity contribution in [3.63, 3.8) is 0 Å². The smallest absolute Gasteiger partial charge is 0.217 e. The van der Waals surface area contributed by atoms with Crippen molar-refractivity contribution < 1.29 is 9.47 Å². The summed E-state index contributed by atoms with van der Waals surface area (Å²) in [6.07, 6.45) is 1.98. The zero-order chi connectivity index (χ0) is 15.4. The third-order valence-electron chi connectivity index (χ3n) is 3.67. The zero-order valence-electron chi connectivity index (χ0n) is 12.7. The van der Waals surface area contributed by atoms with Crippen LogP contribution in [0.3, 0.4) is 0 Å². The quantitative estimate of drug-likeness (QED) is 0.783. The minimum atomic E-state index is -0.0916. The lowest BCUT2D eigenvalue weighted by Gasteiger charge is -2.17. The number of benzene rings is 2. The predicted octanol–water partition coefficient (Wildman–Crippen LogP) is 3.94. The normalized spacial score (nSPS) is 20.5. The Labute approximate surface area is 135 Å². The van der Waals surface area contributed by atoms with E-state index in [2.05, 4.69) is 30.5 Å². The molecule has 0 fully saturated rings. The Balaban J connectivity index is 1.85. The molecule has 3 nitrogen and oxygen atoms in total. The molecule has 3 rings (SSSR count). The molecule has 0 unspecified atom stereocenters. The molecule has 0 N–H and O–H groups in total. The van der Waals surface area contributed by atoms with Crippen molar-refractivity contribution >= 4 is 17.7 Å². The van der Waals surface area contributed by atoms with E-state index in [0.717, 1.165) is 11.1 Å². The second kappa shape index (κ2) is 6.99. The molecule has 0 spiro atoms. The van der Waals surface area contributed by atoms with E-state index in [4.69, 9.17) is 14.5 Å². The van der Waals surface area contributed by atoms with Crippen LogP contribution in [0, 0.1) is 0 Å². The minimum absolute atomic E-state index is 0.0136. The molecule has 0 aliphatic carbocycles. The molecule has 0 amide bonds. The zero-order valence-corrected chi connectivity index (χ0v) is 13.5. The predicted molar refractivity (Wildman–Crippen MR) is 90.7 cm³/mol. The number of thioether (sulfide) groups is 1. The maximum atomic E-state index is 6.14. The van der Waals surface area contributed by atoms with Crippen LogP contribution in [-0.2, 0) is 9.47 Å². The fraction of sp³-hybridized carbons (Fsp3) is 0.278. The van der Waals surface area contributed by atoms with Gasteiger partial charge in [0.05, 0.1) is 6.61 Å². The van der Waals surface area contributed by atoms with Gasteiger partial charge in [0.25, 0.3) is 0 Å². The Kier molecular flexibility index (Phi) is 4.80. The van der Waals surface area contributed by atoms with E-state index >= 15 is 0 Å². The van der Waals surface area contributed by atoms with E-state index in [1.165, 1.54) is 4.90 Å². The Morgan fingerprint density at radius 1 is 1.09 bits per heavy atom. The Morgan fingerprint density at radius 3 is 2.45 bits per heavy atom. The van der Waals surface area contributed by atoms with Crippen LogP contribution in [0.2, 0.25) is 0 Å². The third kappa shape index (κ3) is 3.18. The highest BCUT2D eigenvalue weighted by Crippen LogP contribution is 2.32. The molecular formula is C18H19NO2S. The van der Waals surface area contributed by atoms with Gasteiger partial charge in [0.1, 0.15) is 6.04 Å². The standard InChI is InChI=1S/C18H19NO2S/c1-20-12-16-17(13-8-10-15(22-2)11-9-13)21-18(19-16)14-6-4-3-5-7-14/h3-11,16-17H,12H2,1-2H3/t16-,17-/m0/s1. The minimum Gasteiger partial charge on any atom is -0.467 e. The summed E-state index contributed by atoms with van der Waals surface area (Å²) in [4.78, 5) is 5.96. The van der Waals surface area contributed by atoms with Crippen LogP contribution in [0.4, 0.5) is 0 Å². The summed E-state index contributed by atoms with van der Waals surface area (Å²) >= 11 is 1.73. The molecule has 1 aliphatic rings. The summed E-state index contributed by atoms with van der Waals surface area (Å²) in [5.74, 6) is 0.696. The van der Waals surface area contributed by atoms with Gasteiger partial charge in [-0.05, 0) is 36.1 Å². The highest BCUT2D eigenvalue weighted by atomic mass is 32.2. The molecule has 0 bridgehead atoms. The molecule has 2 aromatic rings. The molecule has 4 heteroatoms. The van der Waals surface area contributed by atoms with E-state index in [-0.39, 0.29) is 12.1 Å². The summed E-state index contributed by atoms with van der Waals surface area (Å²) in [6, 6.07) is 18.5. The van der Waals surface area contributed by atoms with Crippen LogP contribution in [-0.4, -0.2) is 31.9 Å². The number of methoxy groups -OCH3 is 1. The van der Waals surface area contributed by atoms with Crippen LogP contribution in [0.15, 0.2) is 64.5 Å². The highest BCUT2D eigenvalue weighted by Gasteiger charge is 2.32. The van der Waals surface area contributed by atoms with Gasteiger partial charge in [-0.25, -0.2) is 4.99 Å². The summed E-state index contributed by atoms with van der Waals surface area (Å²) in [7, 11) is 1.70. The Hall–Kier alpha value is -1.78. The monoisotopic (exact) mass is 313 g/mol. The average Bonchev–Trinajstić information content (AvgIpc) is 3.00. The molecule has 1 heterocycles. The van der Waals surface area contributed by atoms with Gasteiger partial charge < -0.3 is 9.47 Å².